The topological polar surface area (TPSA) is 74.6 Å². The number of nitrogens with zero attached hydrogens (tertiary/aromatic N) is 4. The predicted octanol–water partition coefficient (Wildman–Crippen LogP) is 1.90. The van der Waals surface area contributed by atoms with E-state index < -0.39 is 0 Å². The van der Waals surface area contributed by atoms with Crippen LogP contribution in [0.5, 0.6) is 0 Å². The van der Waals surface area contributed by atoms with Gasteiger partial charge >= 0.3 is 0 Å². The lowest BCUT2D eigenvalue weighted by atomic mass is 9.74. The lowest BCUT2D eigenvalue weighted by Crippen LogP contribution is -2.46. The van der Waals surface area contributed by atoms with Crippen molar-refractivity contribution in [3.8, 4) is 12.1 Å². The Hall–Kier alpha value is -1.85. The molecule has 18 heavy (non-hydrogen) atoms. The van der Waals surface area contributed by atoms with Crippen molar-refractivity contribution in [1.29, 1.82) is 10.5 Å². The van der Waals surface area contributed by atoms with E-state index in [1.54, 1.807) is 6.33 Å². The van der Waals surface area contributed by atoms with E-state index in [1.165, 1.54) is 6.42 Å². The second kappa shape index (κ2) is 4.12. The monoisotopic (exact) mass is 242 g/mol. The summed E-state index contributed by atoms with van der Waals surface area (Å²) in [5.74, 6) is 0. The Bertz CT molecular complexity index is 544. The molecule has 1 aromatic rings. The van der Waals surface area contributed by atoms with Crippen molar-refractivity contribution < 1.29 is 4.74 Å². The van der Waals surface area contributed by atoms with Gasteiger partial charge in [0, 0.05) is 12.6 Å². The van der Waals surface area contributed by atoms with Gasteiger partial charge in [0.05, 0.1) is 11.9 Å². The third-order valence-corrected chi connectivity index (χ3v) is 4.13. The van der Waals surface area contributed by atoms with Crippen LogP contribution < -0.4 is 0 Å². The molecule has 2 fully saturated rings. The molecule has 1 saturated heterocycles. The van der Waals surface area contributed by atoms with Gasteiger partial charge < -0.3 is 9.30 Å². The maximum atomic E-state index is 9.16. The molecule has 2 heterocycles. The van der Waals surface area contributed by atoms with Crippen molar-refractivity contribution >= 4 is 0 Å². The number of imidazole rings is 1. The molecule has 5 nitrogen and oxygen atoms in total. The molecule has 0 aromatic carbocycles. The van der Waals surface area contributed by atoms with Crippen LogP contribution in [0, 0.1) is 22.7 Å². The standard InChI is InChI=1S/C13H14N4O/c14-7-11-12(8-15)17(9-16-11)10-2-5-18-13(6-10)3-1-4-13/h9-10H,1-6H2. The molecule has 92 valence electrons. The van der Waals surface area contributed by atoms with Crippen LogP contribution in [-0.2, 0) is 4.74 Å². The molecule has 5 heteroatoms. The van der Waals surface area contributed by atoms with E-state index in [2.05, 4.69) is 11.1 Å². The maximum absolute atomic E-state index is 9.16. The van der Waals surface area contributed by atoms with Crippen LogP contribution in [0.1, 0.15) is 49.5 Å². The van der Waals surface area contributed by atoms with Crippen LogP contribution >= 0.6 is 0 Å². The molecular formula is C13H14N4O. The van der Waals surface area contributed by atoms with Gasteiger partial charge in [0.25, 0.3) is 0 Å². The lowest BCUT2D eigenvalue weighted by Gasteiger charge is -2.47. The third kappa shape index (κ3) is 1.60. The molecule has 1 aliphatic carbocycles. The highest BCUT2D eigenvalue weighted by Gasteiger charge is 2.43. The van der Waals surface area contributed by atoms with Gasteiger partial charge in [0.2, 0.25) is 0 Å². The normalized spacial score (nSPS) is 25.1. The Morgan fingerprint density at radius 3 is 2.83 bits per heavy atom. The van der Waals surface area contributed by atoms with E-state index in [9.17, 15) is 0 Å². The van der Waals surface area contributed by atoms with Crippen LogP contribution in [0.2, 0.25) is 0 Å². The van der Waals surface area contributed by atoms with E-state index in [0.717, 1.165) is 32.3 Å². The fourth-order valence-electron chi connectivity index (χ4n) is 2.99. The zero-order valence-corrected chi connectivity index (χ0v) is 10.1. The second-order valence-electron chi connectivity index (χ2n) is 5.10. The molecular weight excluding hydrogens is 228 g/mol. The van der Waals surface area contributed by atoms with E-state index in [-0.39, 0.29) is 17.3 Å². The average molecular weight is 242 g/mol. The van der Waals surface area contributed by atoms with Crippen molar-refractivity contribution in [1.82, 2.24) is 9.55 Å². The SMILES string of the molecule is N#Cc1ncn(C2CCOC3(CCC3)C2)c1C#N. The molecule has 1 unspecified atom stereocenters. The van der Waals surface area contributed by atoms with Crippen LogP contribution in [-0.4, -0.2) is 21.8 Å². The number of aromatic nitrogens is 2. The molecule has 0 radical (unpaired) electrons. The first-order chi connectivity index (χ1) is 8.78. The fraction of sp³-hybridized carbons (Fsp3) is 0.615. The highest BCUT2D eigenvalue weighted by molar-refractivity contribution is 5.36. The number of hydrogen-bond donors (Lipinski definition) is 0. The molecule has 3 rings (SSSR count). The van der Waals surface area contributed by atoms with Crippen molar-refractivity contribution in [2.24, 2.45) is 0 Å². The molecule has 2 aliphatic rings. The van der Waals surface area contributed by atoms with Crippen LogP contribution in [0.4, 0.5) is 0 Å². The average Bonchev–Trinajstić information content (AvgIpc) is 2.79. The van der Waals surface area contributed by atoms with Gasteiger partial charge in [-0.25, -0.2) is 4.98 Å². The van der Waals surface area contributed by atoms with Gasteiger partial charge in [0.1, 0.15) is 12.1 Å². The van der Waals surface area contributed by atoms with Crippen LogP contribution in [0.3, 0.4) is 0 Å². The van der Waals surface area contributed by atoms with Gasteiger partial charge in [-0.05, 0) is 32.1 Å². The summed E-state index contributed by atoms with van der Waals surface area (Å²) < 4.78 is 7.74. The molecule has 1 aromatic heterocycles. The zero-order valence-electron chi connectivity index (χ0n) is 10.1. The number of hydrogen-bond acceptors (Lipinski definition) is 4. The molecule has 1 saturated carbocycles. The first-order valence-electron chi connectivity index (χ1n) is 6.29. The Kier molecular flexibility index (Phi) is 2.57. The van der Waals surface area contributed by atoms with Crippen LogP contribution in [0.15, 0.2) is 6.33 Å². The summed E-state index contributed by atoms with van der Waals surface area (Å²) in [6.07, 6.45) is 6.90. The van der Waals surface area contributed by atoms with E-state index in [1.807, 2.05) is 10.6 Å². The van der Waals surface area contributed by atoms with E-state index >= 15 is 0 Å². The molecule has 0 bridgehead atoms. The molecule has 1 spiro atoms. The van der Waals surface area contributed by atoms with Gasteiger partial charge in [0.15, 0.2) is 11.4 Å². The summed E-state index contributed by atoms with van der Waals surface area (Å²) in [6, 6.07) is 4.30. The smallest absolute Gasteiger partial charge is 0.176 e. The number of rotatable bonds is 1. The first-order valence-corrected chi connectivity index (χ1v) is 6.29. The summed E-state index contributed by atoms with van der Waals surface area (Å²) >= 11 is 0. The van der Waals surface area contributed by atoms with Crippen molar-refractivity contribution in [3.05, 3.63) is 17.7 Å². The summed E-state index contributed by atoms with van der Waals surface area (Å²) in [6.45, 7) is 0.732. The molecule has 0 amide bonds. The quantitative estimate of drug-likeness (QED) is 0.753. The Labute approximate surface area is 106 Å². The molecule has 0 N–H and O–H groups in total. The van der Waals surface area contributed by atoms with Gasteiger partial charge in [-0.2, -0.15) is 10.5 Å². The maximum Gasteiger partial charge on any atom is 0.176 e. The summed E-state index contributed by atoms with van der Waals surface area (Å²) in [7, 11) is 0. The Morgan fingerprint density at radius 1 is 1.39 bits per heavy atom. The summed E-state index contributed by atoms with van der Waals surface area (Å²) in [5.41, 5.74) is 0.651. The van der Waals surface area contributed by atoms with E-state index in [4.69, 9.17) is 15.3 Å². The zero-order chi connectivity index (χ0) is 12.6. The predicted molar refractivity (Wildman–Crippen MR) is 62.5 cm³/mol. The molecule has 1 aliphatic heterocycles. The van der Waals surface area contributed by atoms with Crippen LogP contribution in [0.25, 0.3) is 0 Å². The largest absolute Gasteiger partial charge is 0.375 e. The highest BCUT2D eigenvalue weighted by Crippen LogP contribution is 2.45. The molecule has 1 atom stereocenters. The first kappa shape index (κ1) is 11.3. The van der Waals surface area contributed by atoms with Gasteiger partial charge in [-0.3, -0.25) is 0 Å². The number of ether oxygens (including phenoxy) is 1. The Balaban J connectivity index is 1.89. The summed E-state index contributed by atoms with van der Waals surface area (Å²) in [4.78, 5) is 4.01. The lowest BCUT2D eigenvalue weighted by molar-refractivity contribution is -0.140. The van der Waals surface area contributed by atoms with Crippen molar-refractivity contribution in [3.63, 3.8) is 0 Å². The minimum absolute atomic E-state index is 0.0344. The van der Waals surface area contributed by atoms with Crippen molar-refractivity contribution in [2.45, 2.75) is 43.7 Å². The van der Waals surface area contributed by atoms with Gasteiger partial charge in [-0.15, -0.1) is 0 Å². The second-order valence-corrected chi connectivity index (χ2v) is 5.10. The minimum Gasteiger partial charge on any atom is -0.375 e. The van der Waals surface area contributed by atoms with E-state index in [0.29, 0.717) is 5.69 Å². The minimum atomic E-state index is 0.0344. The van der Waals surface area contributed by atoms with Crippen molar-refractivity contribution in [2.75, 3.05) is 6.61 Å². The summed E-state index contributed by atoms with van der Waals surface area (Å²) in [5, 5.41) is 18.1. The highest BCUT2D eigenvalue weighted by atomic mass is 16.5. The van der Waals surface area contributed by atoms with Gasteiger partial charge in [-0.1, -0.05) is 0 Å². The third-order valence-electron chi connectivity index (χ3n) is 4.13. The fourth-order valence-corrected chi connectivity index (χ4v) is 2.99. The number of nitriles is 2. The Morgan fingerprint density at radius 2 is 2.22 bits per heavy atom.